The molecule has 0 spiro atoms. The number of hydrogen-bond acceptors (Lipinski definition) is 22. The quantitative estimate of drug-likeness (QED) is 0.0206. The first-order chi connectivity index (χ1) is 60.7. The van der Waals surface area contributed by atoms with E-state index in [0.717, 1.165) is 32.8 Å². The highest BCUT2D eigenvalue weighted by Gasteiger charge is 2.32. The number of carbonyl (C=O) groups excluding carboxylic acids is 3. The number of Topliss-reactive ketones (excluding diaryl/α,β-unsaturated/α-hetero) is 3. The summed E-state index contributed by atoms with van der Waals surface area (Å²) >= 11 is 0. The van der Waals surface area contributed by atoms with Gasteiger partial charge in [0.2, 0.25) is 25.0 Å². The maximum atomic E-state index is 13.6. The Morgan fingerprint density at radius 1 is 0.406 bits per heavy atom. The number of benzene rings is 6. The predicted octanol–water partition coefficient (Wildman–Crippen LogP) is 15.5. The minimum Gasteiger partial charge on any atom is -0.497 e. The van der Waals surface area contributed by atoms with Crippen LogP contribution in [0, 0.1) is 20.8 Å². The van der Waals surface area contributed by atoms with Gasteiger partial charge in [-0.3, -0.25) is 72.7 Å². The largest absolute Gasteiger partial charge is 0.497 e. The standard InChI is InChI=1S/C34H36N4O5Si.C33H36N4O6Si.C30H30N4O5Si/c1-23-32(33(40)38(26-9-7-6-8-10-26)37(23)22-34(2,3)41)30(39)20-25-12-13-27(21-36-25)43-31-15-17-35-29-19-24(11-14-28(29)31)16-18-44(4,5)42;1-22-31(32(39)37(24-9-7-6-8-10-24)36(22)20-33(2,3)40)29(38)17-23-11-12-26(19-35-23)43-30-15-16-34-28-18-25(13-14-27(28)30)42-21-44(4,5)41;1-20-29(30(36)34(22-8-6-5-7-9-22)33(20)19-40(3,4)37)27(35)16-21-10-11-24(18-32-21)39-28-14-15-31-26-17-23(38-2)12-13-25(26)28/h6-19,21,41-42H,20,22H2,1-5H3;6-16,18-19,40-41H,17,20-21H2,1-5H3;5-15,17-18,37H,16,19H2,1-4H3. The molecular weight excluding hydrogens is 1670 g/mol. The molecule has 9 aromatic heterocycles. The lowest BCUT2D eigenvalue weighted by Crippen LogP contribution is -2.36. The average molecular weight is 1780 g/mol. The Bertz CT molecular complexity index is 6780. The Labute approximate surface area is 741 Å². The lowest BCUT2D eigenvalue weighted by Gasteiger charge is -2.22. The summed E-state index contributed by atoms with van der Waals surface area (Å²) in [6.07, 6.45) is 11.9. The number of ether oxygens (including phenoxy) is 5. The van der Waals surface area contributed by atoms with Crippen LogP contribution in [0.1, 0.15) is 98.5 Å². The first kappa shape index (κ1) is 91.9. The number of pyridine rings is 6. The average Bonchev–Trinajstić information content (AvgIpc) is 1.62. The highest BCUT2D eigenvalue weighted by Crippen LogP contribution is 2.35. The predicted molar refractivity (Wildman–Crippen MR) is 499 cm³/mol. The first-order valence-electron chi connectivity index (χ1n) is 41.5. The molecule has 0 saturated heterocycles. The van der Waals surface area contributed by atoms with Crippen molar-refractivity contribution in [3.8, 4) is 63.1 Å². The van der Waals surface area contributed by atoms with Gasteiger partial charge >= 0.3 is 0 Å². The normalized spacial score (nSPS) is 11.9. The second-order valence-electron chi connectivity index (χ2n) is 34.3. The number of fused-ring (bicyclic) bond motifs is 3. The second-order valence-corrected chi connectivity index (χ2v) is 45.8. The molecule has 0 atom stereocenters. The summed E-state index contributed by atoms with van der Waals surface area (Å²) < 4.78 is 38.7. The highest BCUT2D eigenvalue weighted by molar-refractivity contribution is 6.75. The molecule has 0 amide bonds. The van der Waals surface area contributed by atoms with Crippen molar-refractivity contribution in [2.45, 2.75) is 137 Å². The molecule has 15 aromatic rings. The van der Waals surface area contributed by atoms with Gasteiger partial charge in [0.25, 0.3) is 16.7 Å². The molecule has 6 aromatic carbocycles. The van der Waals surface area contributed by atoms with Gasteiger partial charge in [0, 0.05) is 81.0 Å². The maximum Gasteiger partial charge on any atom is 0.282 e. The van der Waals surface area contributed by atoms with E-state index in [1.54, 1.807) is 211 Å². The van der Waals surface area contributed by atoms with Gasteiger partial charge in [0.05, 0.1) is 109 Å². The molecule has 9 heterocycles. The zero-order valence-electron chi connectivity index (χ0n) is 73.7. The summed E-state index contributed by atoms with van der Waals surface area (Å²) in [4.78, 5) is 138. The molecule has 0 saturated carbocycles. The van der Waals surface area contributed by atoms with Gasteiger partial charge in [-0.25, -0.2) is 14.0 Å². The fourth-order valence-electron chi connectivity index (χ4n) is 14.4. The molecule has 0 radical (unpaired) electrons. The smallest absolute Gasteiger partial charge is 0.282 e. The number of carbonyl (C=O) groups is 3. The number of ketones is 3. The number of methoxy groups -OCH3 is 1. The Kier molecular flexibility index (Phi) is 27.7. The zero-order chi connectivity index (χ0) is 91.7. The van der Waals surface area contributed by atoms with Crippen LogP contribution in [0.25, 0.3) is 55.8 Å². The fraction of sp³-hybridized carbons (Fsp3) is 0.237. The topological polar surface area (TPSA) is 357 Å². The van der Waals surface area contributed by atoms with Gasteiger partial charge < -0.3 is 48.3 Å². The third-order valence-electron chi connectivity index (χ3n) is 20.3. The van der Waals surface area contributed by atoms with E-state index >= 15 is 0 Å². The Hall–Kier alpha value is -13.8. The first-order valence-corrected chi connectivity index (χ1v) is 50.8. The van der Waals surface area contributed by atoms with Crippen LogP contribution in [-0.4, -0.2) is 149 Å². The number of rotatable bonds is 30. The summed E-state index contributed by atoms with van der Waals surface area (Å²) in [5.74, 6) is 3.54. The molecule has 0 aliphatic rings. The summed E-state index contributed by atoms with van der Waals surface area (Å²) in [5.41, 5.74) is 6.52. The molecule has 0 unspecified atom stereocenters. The van der Waals surface area contributed by atoms with E-state index in [4.69, 9.17) is 23.7 Å². The summed E-state index contributed by atoms with van der Waals surface area (Å²) in [5, 5.41) is 23.5. The highest BCUT2D eigenvalue weighted by atomic mass is 28.4. The van der Waals surface area contributed by atoms with Gasteiger partial charge in [-0.05, 0) is 221 Å². The van der Waals surface area contributed by atoms with Crippen molar-refractivity contribution in [1.82, 2.24) is 58.0 Å². The van der Waals surface area contributed by atoms with Crippen molar-refractivity contribution in [2.24, 2.45) is 0 Å². The Morgan fingerprint density at radius 3 is 1.08 bits per heavy atom. The van der Waals surface area contributed by atoms with Crippen LogP contribution in [-0.2, 0) is 38.5 Å². The molecular formula is C97H102N12O16Si3. The molecule has 0 aliphatic carbocycles. The molecule has 0 fully saturated rings. The van der Waals surface area contributed by atoms with Crippen molar-refractivity contribution >= 4 is 81.1 Å². The van der Waals surface area contributed by atoms with E-state index < -0.39 is 52.8 Å². The van der Waals surface area contributed by atoms with E-state index in [1.165, 1.54) is 20.2 Å². The molecule has 0 bridgehead atoms. The number of para-hydroxylation sites is 3. The van der Waals surface area contributed by atoms with Gasteiger partial charge in [0.1, 0.15) is 68.9 Å². The Morgan fingerprint density at radius 2 is 0.742 bits per heavy atom. The third-order valence-corrected chi connectivity index (χ3v) is 23.2. The second kappa shape index (κ2) is 38.6. The van der Waals surface area contributed by atoms with Crippen LogP contribution in [0.3, 0.4) is 0 Å². The number of aromatic nitrogens is 12. The van der Waals surface area contributed by atoms with Crippen molar-refractivity contribution in [2.75, 3.05) is 13.3 Å². The summed E-state index contributed by atoms with van der Waals surface area (Å²) in [6.45, 7) is 23.0. The summed E-state index contributed by atoms with van der Waals surface area (Å²) in [6, 6.07) is 59.7. The van der Waals surface area contributed by atoms with Crippen LogP contribution >= 0.6 is 0 Å². The molecule has 15 rings (SSSR count). The van der Waals surface area contributed by atoms with Crippen LogP contribution in [0.15, 0.2) is 257 Å². The van der Waals surface area contributed by atoms with E-state index in [0.29, 0.717) is 103 Å². The SMILES string of the molecule is COc1ccc2c(Oc3ccc(CC(=O)c4c(C)n(C[Si](C)(C)O)n(-c5ccccc5)c4=O)nc3)ccnc2c1.Cc1c(C(=O)Cc2ccc(Oc3ccnc4cc(C=C[Si](C)(C)O)ccc34)cn2)c(=O)n(-c2ccccc2)n1CC(C)(C)O.Cc1c(C(=O)Cc2ccc(Oc3ccnc4cc(OC[Si](C)(C)O)ccc34)cn2)c(=O)n(-c2ccccc2)n1CC(C)(C)O. The summed E-state index contributed by atoms with van der Waals surface area (Å²) in [7, 11) is -5.68. The fourth-order valence-corrected chi connectivity index (χ4v) is 16.6. The van der Waals surface area contributed by atoms with Crippen molar-refractivity contribution in [1.29, 1.82) is 0 Å². The Balaban J connectivity index is 0.000000164. The van der Waals surface area contributed by atoms with E-state index in [2.05, 4.69) is 29.9 Å². The molecule has 31 heteroatoms. The van der Waals surface area contributed by atoms with Crippen LogP contribution in [0.2, 0.25) is 39.3 Å². The minimum atomic E-state index is -2.62. The number of nitrogens with zero attached hydrogens (tertiary/aromatic N) is 12. The minimum absolute atomic E-state index is 0.0485. The number of aliphatic hydroxyl groups is 2. The van der Waals surface area contributed by atoms with Crippen LogP contribution in [0.5, 0.6) is 46.0 Å². The van der Waals surface area contributed by atoms with Gasteiger partial charge in [-0.2, -0.15) is 0 Å². The van der Waals surface area contributed by atoms with Gasteiger partial charge in [0.15, 0.2) is 17.3 Å². The monoisotopic (exact) mass is 1770 g/mol. The van der Waals surface area contributed by atoms with Gasteiger partial charge in [-0.1, -0.05) is 72.4 Å². The van der Waals surface area contributed by atoms with E-state index in [9.17, 15) is 53.4 Å². The molecule has 0 aliphatic heterocycles. The lowest BCUT2D eigenvalue weighted by atomic mass is 10.1. The number of hydrogen-bond donors (Lipinski definition) is 5. The molecule has 658 valence electrons. The molecule has 5 N–H and O–H groups in total. The van der Waals surface area contributed by atoms with Crippen LogP contribution in [0.4, 0.5) is 0 Å². The van der Waals surface area contributed by atoms with Crippen LogP contribution < -0.4 is 40.4 Å². The zero-order valence-corrected chi connectivity index (χ0v) is 76.7. The van der Waals surface area contributed by atoms with E-state index in [1.807, 2.05) is 141 Å². The molecule has 28 nitrogen and oxygen atoms in total. The molecule has 128 heavy (non-hydrogen) atoms. The van der Waals surface area contributed by atoms with E-state index in [-0.39, 0.29) is 78.8 Å². The van der Waals surface area contributed by atoms with Crippen molar-refractivity contribution < 1.29 is 62.7 Å². The van der Waals surface area contributed by atoms with Crippen molar-refractivity contribution in [3.05, 3.63) is 331 Å². The lowest BCUT2D eigenvalue weighted by molar-refractivity contribution is 0.0540. The van der Waals surface area contributed by atoms with Crippen molar-refractivity contribution in [3.63, 3.8) is 0 Å². The maximum absolute atomic E-state index is 13.6. The third kappa shape index (κ3) is 22.9. The van der Waals surface area contributed by atoms with Gasteiger partial charge in [-0.15, -0.1) is 0 Å².